The fourth-order valence-corrected chi connectivity index (χ4v) is 1.42. The van der Waals surface area contributed by atoms with Crippen LogP contribution in [0.1, 0.15) is 32.6 Å². The maximum Gasteiger partial charge on any atom is 0.181 e. The Morgan fingerprint density at radius 2 is 1.93 bits per heavy atom. The zero-order valence-electron chi connectivity index (χ0n) is 9.02. The van der Waals surface area contributed by atoms with Crippen LogP contribution in [0, 0.1) is 11.6 Å². The summed E-state index contributed by atoms with van der Waals surface area (Å²) in [7, 11) is 0. The van der Waals surface area contributed by atoms with Gasteiger partial charge in [-0.05, 0) is 18.6 Å². The van der Waals surface area contributed by atoms with E-state index >= 15 is 0 Å². The standard InChI is InChI=1S/C12H17F2N/c1-2-3-4-5-9-15-11-8-6-7-10(13)12(11)14/h6-8,15H,2-5,9H2,1H3. The molecule has 15 heavy (non-hydrogen) atoms. The summed E-state index contributed by atoms with van der Waals surface area (Å²) in [6.07, 6.45) is 4.48. The third kappa shape index (κ3) is 3.86. The van der Waals surface area contributed by atoms with Gasteiger partial charge < -0.3 is 5.32 Å². The third-order valence-corrected chi connectivity index (χ3v) is 2.30. The summed E-state index contributed by atoms with van der Waals surface area (Å²) in [6.45, 7) is 2.83. The van der Waals surface area contributed by atoms with Gasteiger partial charge in [0.1, 0.15) is 0 Å². The van der Waals surface area contributed by atoms with Gasteiger partial charge in [-0.15, -0.1) is 0 Å². The average molecular weight is 213 g/mol. The lowest BCUT2D eigenvalue weighted by atomic mass is 10.2. The van der Waals surface area contributed by atoms with Crippen LogP contribution in [0.4, 0.5) is 14.5 Å². The fourth-order valence-electron chi connectivity index (χ4n) is 1.42. The molecule has 1 aromatic carbocycles. The van der Waals surface area contributed by atoms with Crippen LogP contribution in [-0.4, -0.2) is 6.54 Å². The molecule has 0 aromatic heterocycles. The third-order valence-electron chi connectivity index (χ3n) is 2.30. The van der Waals surface area contributed by atoms with Crippen LogP contribution in [0.25, 0.3) is 0 Å². The molecule has 0 bridgehead atoms. The first-order valence-corrected chi connectivity index (χ1v) is 5.43. The van der Waals surface area contributed by atoms with Crippen LogP contribution in [0.3, 0.4) is 0 Å². The molecule has 1 rings (SSSR count). The molecular weight excluding hydrogens is 196 g/mol. The van der Waals surface area contributed by atoms with Crippen LogP contribution in [0.15, 0.2) is 18.2 Å². The molecule has 0 aliphatic rings. The minimum Gasteiger partial charge on any atom is -0.383 e. The first-order chi connectivity index (χ1) is 7.25. The SMILES string of the molecule is CCCCCCNc1cccc(F)c1F. The molecule has 0 fully saturated rings. The zero-order chi connectivity index (χ0) is 11.1. The van der Waals surface area contributed by atoms with Crippen molar-refractivity contribution in [2.24, 2.45) is 0 Å². The number of benzene rings is 1. The topological polar surface area (TPSA) is 12.0 Å². The molecule has 0 amide bonds. The Balaban J connectivity index is 2.34. The molecule has 1 aromatic rings. The number of nitrogens with one attached hydrogen (secondary N) is 1. The first-order valence-electron chi connectivity index (χ1n) is 5.43. The van der Waals surface area contributed by atoms with E-state index in [0.29, 0.717) is 6.54 Å². The summed E-state index contributed by atoms with van der Waals surface area (Å²) in [5.74, 6) is -1.58. The van der Waals surface area contributed by atoms with Crippen LogP contribution >= 0.6 is 0 Å². The number of rotatable bonds is 6. The zero-order valence-corrected chi connectivity index (χ0v) is 9.02. The van der Waals surface area contributed by atoms with E-state index in [2.05, 4.69) is 12.2 Å². The lowest BCUT2D eigenvalue weighted by Crippen LogP contribution is -2.04. The Morgan fingerprint density at radius 3 is 2.67 bits per heavy atom. The minimum absolute atomic E-state index is 0.256. The van der Waals surface area contributed by atoms with Crippen LogP contribution in [0.5, 0.6) is 0 Å². The molecule has 1 N–H and O–H groups in total. The highest BCUT2D eigenvalue weighted by molar-refractivity contribution is 5.44. The summed E-state index contributed by atoms with van der Waals surface area (Å²) in [5, 5.41) is 2.90. The van der Waals surface area contributed by atoms with E-state index in [1.165, 1.54) is 18.9 Å². The van der Waals surface area contributed by atoms with Gasteiger partial charge in [0.2, 0.25) is 0 Å². The lowest BCUT2D eigenvalue weighted by Gasteiger charge is -2.07. The summed E-state index contributed by atoms with van der Waals surface area (Å²) in [5.41, 5.74) is 0.256. The maximum atomic E-state index is 13.1. The Morgan fingerprint density at radius 1 is 1.13 bits per heavy atom. The van der Waals surface area contributed by atoms with Gasteiger partial charge in [-0.2, -0.15) is 0 Å². The van der Waals surface area contributed by atoms with Gasteiger partial charge in [0.05, 0.1) is 5.69 Å². The Kier molecular flexibility index (Phi) is 5.08. The van der Waals surface area contributed by atoms with Gasteiger partial charge >= 0.3 is 0 Å². The molecule has 0 unspecified atom stereocenters. The van der Waals surface area contributed by atoms with Crippen molar-refractivity contribution in [1.82, 2.24) is 0 Å². The molecule has 0 saturated carbocycles. The van der Waals surface area contributed by atoms with E-state index in [1.54, 1.807) is 6.07 Å². The van der Waals surface area contributed by atoms with Gasteiger partial charge in [0.15, 0.2) is 11.6 Å². The number of hydrogen-bond donors (Lipinski definition) is 1. The van der Waals surface area contributed by atoms with E-state index in [9.17, 15) is 8.78 Å². The number of halogens is 2. The second kappa shape index (κ2) is 6.38. The highest BCUT2D eigenvalue weighted by Crippen LogP contribution is 2.16. The first kappa shape index (κ1) is 12.0. The van der Waals surface area contributed by atoms with Crippen molar-refractivity contribution in [2.45, 2.75) is 32.6 Å². The number of unbranched alkanes of at least 4 members (excludes halogenated alkanes) is 3. The Hall–Kier alpha value is -1.12. The molecule has 0 radical (unpaired) electrons. The molecule has 0 aliphatic carbocycles. The number of hydrogen-bond acceptors (Lipinski definition) is 1. The van der Waals surface area contributed by atoms with E-state index in [4.69, 9.17) is 0 Å². The average Bonchev–Trinajstić information content (AvgIpc) is 2.24. The van der Waals surface area contributed by atoms with Crippen molar-refractivity contribution < 1.29 is 8.78 Å². The van der Waals surface area contributed by atoms with Gasteiger partial charge in [0, 0.05) is 6.54 Å². The quantitative estimate of drug-likeness (QED) is 0.705. The van der Waals surface area contributed by atoms with E-state index in [1.807, 2.05) is 0 Å². The Bertz CT molecular complexity index is 300. The largest absolute Gasteiger partial charge is 0.383 e. The molecule has 0 atom stereocenters. The highest BCUT2D eigenvalue weighted by atomic mass is 19.2. The summed E-state index contributed by atoms with van der Waals surface area (Å²) < 4.78 is 25.9. The Labute approximate surface area is 89.5 Å². The second-order valence-corrected chi connectivity index (χ2v) is 3.59. The highest BCUT2D eigenvalue weighted by Gasteiger charge is 2.05. The van der Waals surface area contributed by atoms with Crippen molar-refractivity contribution in [1.29, 1.82) is 0 Å². The van der Waals surface area contributed by atoms with Crippen molar-refractivity contribution in [3.05, 3.63) is 29.8 Å². The van der Waals surface area contributed by atoms with E-state index < -0.39 is 11.6 Å². The maximum absolute atomic E-state index is 13.1. The molecule has 0 saturated heterocycles. The van der Waals surface area contributed by atoms with Gasteiger partial charge in [0.25, 0.3) is 0 Å². The smallest absolute Gasteiger partial charge is 0.181 e. The predicted octanol–water partition coefficient (Wildman–Crippen LogP) is 3.96. The van der Waals surface area contributed by atoms with Gasteiger partial charge in [-0.3, -0.25) is 0 Å². The summed E-state index contributed by atoms with van der Waals surface area (Å²) >= 11 is 0. The molecule has 0 spiro atoms. The van der Waals surface area contributed by atoms with Crippen molar-refractivity contribution >= 4 is 5.69 Å². The summed E-state index contributed by atoms with van der Waals surface area (Å²) in [4.78, 5) is 0. The molecular formula is C12H17F2N. The number of anilines is 1. The second-order valence-electron chi connectivity index (χ2n) is 3.59. The molecule has 1 nitrogen and oxygen atoms in total. The predicted molar refractivity (Wildman–Crippen MR) is 59.0 cm³/mol. The lowest BCUT2D eigenvalue weighted by molar-refractivity contribution is 0.510. The van der Waals surface area contributed by atoms with Crippen LogP contribution < -0.4 is 5.32 Å². The molecule has 84 valence electrons. The fraction of sp³-hybridized carbons (Fsp3) is 0.500. The molecule has 3 heteroatoms. The van der Waals surface area contributed by atoms with E-state index in [0.717, 1.165) is 18.9 Å². The van der Waals surface area contributed by atoms with Crippen LogP contribution in [0.2, 0.25) is 0 Å². The molecule has 0 heterocycles. The van der Waals surface area contributed by atoms with Crippen molar-refractivity contribution in [3.63, 3.8) is 0 Å². The minimum atomic E-state index is -0.798. The van der Waals surface area contributed by atoms with Gasteiger partial charge in [-0.1, -0.05) is 32.3 Å². The normalized spacial score (nSPS) is 10.3. The molecule has 0 aliphatic heterocycles. The monoisotopic (exact) mass is 213 g/mol. The summed E-state index contributed by atoms with van der Waals surface area (Å²) in [6, 6.07) is 4.18. The van der Waals surface area contributed by atoms with Gasteiger partial charge in [-0.25, -0.2) is 8.78 Å². The van der Waals surface area contributed by atoms with Crippen LogP contribution in [-0.2, 0) is 0 Å². The van der Waals surface area contributed by atoms with E-state index in [-0.39, 0.29) is 5.69 Å². The van der Waals surface area contributed by atoms with Crippen molar-refractivity contribution in [2.75, 3.05) is 11.9 Å². The van der Waals surface area contributed by atoms with Crippen molar-refractivity contribution in [3.8, 4) is 0 Å².